The molecule has 1 amide bonds. The molecule has 3 N–H and O–H groups in total. The summed E-state index contributed by atoms with van der Waals surface area (Å²) in [6.07, 6.45) is 1.13. The van der Waals surface area contributed by atoms with E-state index in [1.54, 1.807) is 0 Å². The van der Waals surface area contributed by atoms with Gasteiger partial charge in [-0.25, -0.2) is 9.97 Å². The van der Waals surface area contributed by atoms with Crippen molar-refractivity contribution in [2.24, 2.45) is 0 Å². The van der Waals surface area contributed by atoms with Crippen LogP contribution in [0, 0.1) is 11.8 Å². The fourth-order valence-corrected chi connectivity index (χ4v) is 3.44. The van der Waals surface area contributed by atoms with Crippen molar-refractivity contribution >= 4 is 17.5 Å². The van der Waals surface area contributed by atoms with Crippen molar-refractivity contribution in [2.45, 2.75) is 12.7 Å². The maximum Gasteiger partial charge on any atom is 0.416 e. The molecule has 3 aromatic rings. The smallest absolute Gasteiger partial charge is 0.379 e. The van der Waals surface area contributed by atoms with Crippen LogP contribution in [0.25, 0.3) is 0 Å². The number of morpholine rings is 1. The van der Waals surface area contributed by atoms with Crippen molar-refractivity contribution < 1.29 is 22.7 Å². The Bertz CT molecular complexity index is 1260. The molecule has 0 bridgehead atoms. The van der Waals surface area contributed by atoms with Crippen LogP contribution in [0.2, 0.25) is 0 Å². The van der Waals surface area contributed by atoms with Gasteiger partial charge < -0.3 is 15.8 Å². The van der Waals surface area contributed by atoms with Gasteiger partial charge in [0, 0.05) is 55.7 Å². The van der Waals surface area contributed by atoms with E-state index in [0.717, 1.165) is 6.07 Å². The molecule has 4 rings (SSSR count). The number of hydrogen-bond acceptors (Lipinski definition) is 7. The molecular weight excluding hydrogens is 461 g/mol. The van der Waals surface area contributed by atoms with E-state index < -0.39 is 17.6 Å². The first-order valence-electron chi connectivity index (χ1n) is 10.6. The first-order valence-corrected chi connectivity index (χ1v) is 10.6. The van der Waals surface area contributed by atoms with Gasteiger partial charge in [0.05, 0.1) is 29.9 Å². The van der Waals surface area contributed by atoms with E-state index in [2.05, 4.69) is 32.1 Å². The number of carbonyl (C=O) groups excluding carboxylic acids is 1. The molecule has 1 aliphatic rings. The van der Waals surface area contributed by atoms with E-state index in [1.807, 2.05) is 4.90 Å². The number of anilines is 2. The molecule has 0 saturated carbocycles. The summed E-state index contributed by atoms with van der Waals surface area (Å²) in [4.78, 5) is 26.3. The van der Waals surface area contributed by atoms with Crippen molar-refractivity contribution in [1.29, 1.82) is 0 Å². The van der Waals surface area contributed by atoms with Crippen molar-refractivity contribution in [2.75, 3.05) is 37.4 Å². The summed E-state index contributed by atoms with van der Waals surface area (Å²) in [7, 11) is 0. The molecule has 0 radical (unpaired) electrons. The fraction of sp³-hybridized carbons (Fsp3) is 0.250. The summed E-state index contributed by atoms with van der Waals surface area (Å²) in [5, 5.41) is 2.51. The van der Waals surface area contributed by atoms with Gasteiger partial charge in [0.25, 0.3) is 5.91 Å². The average molecular weight is 482 g/mol. The fourth-order valence-electron chi connectivity index (χ4n) is 3.44. The van der Waals surface area contributed by atoms with E-state index in [9.17, 15) is 18.0 Å². The Hall–Kier alpha value is -4.01. The van der Waals surface area contributed by atoms with Gasteiger partial charge >= 0.3 is 6.18 Å². The lowest BCUT2D eigenvalue weighted by Crippen LogP contribution is -2.36. The lowest BCUT2D eigenvalue weighted by molar-refractivity contribution is -0.138. The zero-order valence-corrected chi connectivity index (χ0v) is 18.5. The van der Waals surface area contributed by atoms with E-state index in [4.69, 9.17) is 10.5 Å². The number of halogens is 3. The summed E-state index contributed by atoms with van der Waals surface area (Å²) in [5.74, 6) is 5.19. The standard InChI is InChI=1S/C24H21F3N6O2/c25-24(26,27)21-10-20(4-3-18(21)15-33-5-7-35-8-6-33)32-22(34)19-9-16(11-29-14-19)1-2-17-12-30-23(28)31-13-17/h3-4,9-14H,5-8,15H2,(H,32,34)(H2,28,30,31). The summed E-state index contributed by atoms with van der Waals surface area (Å²) >= 11 is 0. The number of nitrogens with one attached hydrogen (secondary N) is 1. The Morgan fingerprint density at radius 3 is 2.49 bits per heavy atom. The number of hydrogen-bond donors (Lipinski definition) is 2. The predicted molar refractivity (Wildman–Crippen MR) is 122 cm³/mol. The van der Waals surface area contributed by atoms with Gasteiger partial charge in [-0.3, -0.25) is 14.7 Å². The Labute approximate surface area is 199 Å². The van der Waals surface area contributed by atoms with Gasteiger partial charge in [-0.1, -0.05) is 17.9 Å². The number of benzene rings is 1. The largest absolute Gasteiger partial charge is 0.416 e. The van der Waals surface area contributed by atoms with Gasteiger partial charge in [0.2, 0.25) is 5.95 Å². The van der Waals surface area contributed by atoms with Gasteiger partial charge in [0.15, 0.2) is 0 Å². The number of nitrogen functional groups attached to an aromatic ring is 1. The highest BCUT2D eigenvalue weighted by Gasteiger charge is 2.34. The molecule has 1 aromatic carbocycles. The SMILES string of the molecule is Nc1ncc(C#Cc2cncc(C(=O)Nc3ccc(CN4CCOCC4)c(C(F)(F)F)c3)c2)cn1. The molecule has 180 valence electrons. The first kappa shape index (κ1) is 24.1. The molecule has 35 heavy (non-hydrogen) atoms. The number of carbonyl (C=O) groups is 1. The van der Waals surface area contributed by atoms with Gasteiger partial charge in [-0.05, 0) is 23.8 Å². The zero-order valence-electron chi connectivity index (χ0n) is 18.5. The topological polar surface area (TPSA) is 106 Å². The van der Waals surface area contributed by atoms with Crippen LogP contribution in [0.5, 0.6) is 0 Å². The van der Waals surface area contributed by atoms with Crippen LogP contribution in [-0.4, -0.2) is 52.1 Å². The number of amides is 1. The van der Waals surface area contributed by atoms with Crippen molar-refractivity contribution in [3.8, 4) is 11.8 Å². The summed E-state index contributed by atoms with van der Waals surface area (Å²) < 4.78 is 46.5. The molecule has 0 atom stereocenters. The molecule has 2 aromatic heterocycles. The van der Waals surface area contributed by atoms with Crippen LogP contribution in [-0.2, 0) is 17.5 Å². The maximum absolute atomic E-state index is 13.7. The van der Waals surface area contributed by atoms with Crippen LogP contribution in [0.15, 0.2) is 49.1 Å². The number of pyridine rings is 1. The van der Waals surface area contributed by atoms with E-state index in [-0.39, 0.29) is 29.3 Å². The van der Waals surface area contributed by atoms with Crippen molar-refractivity contribution in [3.63, 3.8) is 0 Å². The summed E-state index contributed by atoms with van der Waals surface area (Å²) in [5.41, 5.74) is 5.93. The highest BCUT2D eigenvalue weighted by molar-refractivity contribution is 6.04. The van der Waals surface area contributed by atoms with E-state index >= 15 is 0 Å². The minimum atomic E-state index is -4.56. The molecule has 0 spiro atoms. The Balaban J connectivity index is 1.50. The molecule has 0 aliphatic carbocycles. The van der Waals surface area contributed by atoms with Gasteiger partial charge in [0.1, 0.15) is 0 Å². The Morgan fingerprint density at radius 2 is 1.77 bits per heavy atom. The highest BCUT2D eigenvalue weighted by atomic mass is 19.4. The number of nitrogens with zero attached hydrogens (tertiary/aromatic N) is 4. The number of nitrogens with two attached hydrogens (primary N) is 1. The summed E-state index contributed by atoms with van der Waals surface area (Å²) in [6, 6.07) is 5.29. The lowest BCUT2D eigenvalue weighted by atomic mass is 10.0. The average Bonchev–Trinajstić information content (AvgIpc) is 2.85. The third kappa shape index (κ3) is 6.53. The van der Waals surface area contributed by atoms with Crippen LogP contribution >= 0.6 is 0 Å². The Kier molecular flexibility index (Phi) is 7.24. The molecule has 1 fully saturated rings. The minimum absolute atomic E-state index is 0.0311. The van der Waals surface area contributed by atoms with Crippen LogP contribution in [0.1, 0.15) is 32.6 Å². The molecule has 0 unspecified atom stereocenters. The zero-order chi connectivity index (χ0) is 24.8. The molecule has 8 nitrogen and oxygen atoms in total. The Morgan fingerprint density at radius 1 is 1.06 bits per heavy atom. The third-order valence-electron chi connectivity index (χ3n) is 5.19. The molecule has 1 saturated heterocycles. The van der Waals surface area contributed by atoms with E-state index in [0.29, 0.717) is 37.4 Å². The second-order valence-corrected chi connectivity index (χ2v) is 7.75. The number of alkyl halides is 3. The molecule has 1 aliphatic heterocycles. The quantitative estimate of drug-likeness (QED) is 0.551. The number of ether oxygens (including phenoxy) is 1. The minimum Gasteiger partial charge on any atom is -0.379 e. The van der Waals surface area contributed by atoms with Crippen molar-refractivity contribution in [3.05, 3.63) is 76.9 Å². The molecule has 3 heterocycles. The summed E-state index contributed by atoms with van der Waals surface area (Å²) in [6.45, 7) is 2.25. The second kappa shape index (κ2) is 10.5. The molecule has 11 heteroatoms. The van der Waals surface area contributed by atoms with Crippen LogP contribution in [0.4, 0.5) is 24.8 Å². The van der Waals surface area contributed by atoms with Gasteiger partial charge in [-0.2, -0.15) is 13.2 Å². The monoisotopic (exact) mass is 482 g/mol. The maximum atomic E-state index is 13.7. The molecular formula is C24H21F3N6O2. The van der Waals surface area contributed by atoms with Crippen molar-refractivity contribution in [1.82, 2.24) is 19.9 Å². The van der Waals surface area contributed by atoms with Crippen LogP contribution < -0.4 is 11.1 Å². The third-order valence-corrected chi connectivity index (χ3v) is 5.19. The highest BCUT2D eigenvalue weighted by Crippen LogP contribution is 2.34. The first-order chi connectivity index (χ1) is 16.8. The van der Waals surface area contributed by atoms with E-state index in [1.165, 1.54) is 43.0 Å². The number of rotatable bonds is 4. The predicted octanol–water partition coefficient (Wildman–Crippen LogP) is 2.96. The number of aromatic nitrogens is 3. The lowest BCUT2D eigenvalue weighted by Gasteiger charge is -2.27. The van der Waals surface area contributed by atoms with Gasteiger partial charge in [-0.15, -0.1) is 0 Å². The normalized spacial score (nSPS) is 14.1. The van der Waals surface area contributed by atoms with Crippen LogP contribution in [0.3, 0.4) is 0 Å². The second-order valence-electron chi connectivity index (χ2n) is 7.75.